The van der Waals surface area contributed by atoms with E-state index in [1.54, 1.807) is 30.4 Å². The first kappa shape index (κ1) is 23.3. The Kier molecular flexibility index (Phi) is 7.66. The van der Waals surface area contributed by atoms with Crippen molar-refractivity contribution >= 4 is 53.3 Å². The molecule has 1 N–H and O–H groups in total. The van der Waals surface area contributed by atoms with Crippen molar-refractivity contribution in [2.75, 3.05) is 0 Å². The number of phenolic OH excluding ortho intramolecular Hbond substituents is 1. The maximum Gasteiger partial charge on any atom is 1.00 e. The molecule has 5 nitrogen and oxygen atoms in total. The van der Waals surface area contributed by atoms with Gasteiger partial charge in [0, 0.05) is 5.56 Å². The normalized spacial score (nSPS) is 15.7. The SMILES string of the molecule is O=C1C=C/C(=C(\c2ccc(O)c(Br)c2)c2ccccc2S(=O)(=O)[O-])C=C1Br.[Na+]. The van der Waals surface area contributed by atoms with E-state index < -0.39 is 10.1 Å². The van der Waals surface area contributed by atoms with Crippen molar-refractivity contribution in [3.05, 3.63) is 86.3 Å². The molecule has 1 aliphatic carbocycles. The van der Waals surface area contributed by atoms with Crippen molar-refractivity contribution in [1.82, 2.24) is 0 Å². The second-order valence-electron chi connectivity index (χ2n) is 5.64. The average Bonchev–Trinajstić information content (AvgIpc) is 2.61. The van der Waals surface area contributed by atoms with Gasteiger partial charge in [-0.3, -0.25) is 4.79 Å². The van der Waals surface area contributed by atoms with E-state index in [4.69, 9.17) is 0 Å². The van der Waals surface area contributed by atoms with Gasteiger partial charge in [0.25, 0.3) is 0 Å². The Labute approximate surface area is 201 Å². The minimum absolute atomic E-state index is 0. The molecule has 9 heteroatoms. The largest absolute Gasteiger partial charge is 1.00 e. The van der Waals surface area contributed by atoms with E-state index in [0.29, 0.717) is 25.7 Å². The van der Waals surface area contributed by atoms with Gasteiger partial charge in [0.2, 0.25) is 0 Å². The van der Waals surface area contributed by atoms with Gasteiger partial charge in [-0.15, -0.1) is 0 Å². The molecule has 0 unspecified atom stereocenters. The van der Waals surface area contributed by atoms with Crippen LogP contribution in [0.2, 0.25) is 0 Å². The number of hydrogen-bond acceptors (Lipinski definition) is 5. The summed E-state index contributed by atoms with van der Waals surface area (Å²) < 4.78 is 36.1. The number of carbonyl (C=O) groups excluding carboxylic acids is 1. The van der Waals surface area contributed by atoms with Gasteiger partial charge in [0.15, 0.2) is 5.78 Å². The molecule has 0 aliphatic heterocycles. The fourth-order valence-corrected chi connectivity index (χ4v) is 4.13. The summed E-state index contributed by atoms with van der Waals surface area (Å²) in [6.45, 7) is 0. The van der Waals surface area contributed by atoms with E-state index in [2.05, 4.69) is 31.9 Å². The quantitative estimate of drug-likeness (QED) is 0.474. The second-order valence-corrected chi connectivity index (χ2v) is 8.69. The van der Waals surface area contributed by atoms with Gasteiger partial charge in [-0.05, 0) is 78.9 Å². The van der Waals surface area contributed by atoms with E-state index in [1.807, 2.05) is 0 Å². The molecule has 0 aromatic heterocycles. The number of rotatable bonds is 3. The molecule has 0 spiro atoms. The maximum absolute atomic E-state index is 11.8. The van der Waals surface area contributed by atoms with E-state index in [-0.39, 0.29) is 51.5 Å². The molecule has 1 aliphatic rings. The summed E-state index contributed by atoms with van der Waals surface area (Å²) in [6, 6.07) is 10.5. The van der Waals surface area contributed by atoms with Crippen LogP contribution >= 0.6 is 31.9 Å². The number of benzene rings is 2. The third kappa shape index (κ3) is 4.94. The summed E-state index contributed by atoms with van der Waals surface area (Å²) in [5, 5.41) is 9.78. The van der Waals surface area contributed by atoms with E-state index in [9.17, 15) is 22.9 Å². The third-order valence-corrected chi connectivity index (χ3v) is 6.03. The molecular weight excluding hydrogens is 523 g/mol. The van der Waals surface area contributed by atoms with Crippen molar-refractivity contribution in [3.8, 4) is 5.75 Å². The first-order chi connectivity index (χ1) is 12.7. The standard InChI is InChI=1S/C19H12Br2O5S.Na/c20-14-9-11(5-7-16(14)22)19(12-6-8-17(23)15(21)10-12)13-3-1-2-4-18(13)27(24,25)26;/h1-10,22H,(H,24,25,26);/q;+1/p-1/b19-12-;. The van der Waals surface area contributed by atoms with Gasteiger partial charge in [-0.25, -0.2) is 8.42 Å². The number of hydrogen-bond donors (Lipinski definition) is 1. The molecule has 0 saturated carbocycles. The summed E-state index contributed by atoms with van der Waals surface area (Å²) >= 11 is 6.43. The molecule has 2 aromatic rings. The topological polar surface area (TPSA) is 94.5 Å². The Bertz CT molecular complexity index is 1150. The Hall–Kier alpha value is -1.000. The number of allylic oxidation sites excluding steroid dienone is 5. The number of carbonyl (C=O) groups is 1. The molecule has 0 atom stereocenters. The predicted molar refractivity (Wildman–Crippen MR) is 107 cm³/mol. The monoisotopic (exact) mass is 532 g/mol. The first-order valence-electron chi connectivity index (χ1n) is 7.56. The van der Waals surface area contributed by atoms with Crippen LogP contribution in [0.1, 0.15) is 11.1 Å². The summed E-state index contributed by atoms with van der Waals surface area (Å²) in [5.74, 6) is -0.214. The second kappa shape index (κ2) is 9.21. The van der Waals surface area contributed by atoms with Crippen molar-refractivity contribution in [2.45, 2.75) is 4.90 Å². The van der Waals surface area contributed by atoms with Gasteiger partial charge in [0.05, 0.1) is 13.9 Å². The number of phenols is 1. The zero-order valence-corrected chi connectivity index (χ0v) is 20.5. The van der Waals surface area contributed by atoms with Crippen LogP contribution in [0, 0.1) is 0 Å². The summed E-state index contributed by atoms with van der Waals surface area (Å²) in [4.78, 5) is 11.4. The van der Waals surface area contributed by atoms with Crippen LogP contribution in [0.25, 0.3) is 5.57 Å². The van der Waals surface area contributed by atoms with Crippen LogP contribution in [0.3, 0.4) is 0 Å². The molecular formula is C19H11Br2NaO5S. The molecule has 28 heavy (non-hydrogen) atoms. The predicted octanol–water partition coefficient (Wildman–Crippen LogP) is 1.28. The molecule has 2 aromatic carbocycles. The van der Waals surface area contributed by atoms with Gasteiger partial charge in [0.1, 0.15) is 15.9 Å². The first-order valence-corrected chi connectivity index (χ1v) is 10.6. The molecule has 0 fully saturated rings. The van der Waals surface area contributed by atoms with E-state index >= 15 is 0 Å². The van der Waals surface area contributed by atoms with Crippen LogP contribution in [0.15, 0.2) is 80.1 Å². The average molecular weight is 534 g/mol. The Morgan fingerprint density at radius 2 is 1.71 bits per heavy atom. The fourth-order valence-electron chi connectivity index (χ4n) is 2.69. The number of aromatic hydroxyl groups is 1. The summed E-state index contributed by atoms with van der Waals surface area (Å²) in [5.41, 5.74) is 1.73. The molecule has 0 heterocycles. The number of ketones is 1. The van der Waals surface area contributed by atoms with E-state index in [1.165, 1.54) is 30.3 Å². The minimum Gasteiger partial charge on any atom is -0.744 e. The molecule has 0 radical (unpaired) electrons. The molecule has 3 rings (SSSR count). The summed E-state index contributed by atoms with van der Waals surface area (Å²) in [7, 11) is -4.74. The van der Waals surface area contributed by atoms with Gasteiger partial charge >= 0.3 is 29.6 Å². The van der Waals surface area contributed by atoms with Crippen LogP contribution in [0.5, 0.6) is 5.75 Å². The zero-order chi connectivity index (χ0) is 19.8. The summed E-state index contributed by atoms with van der Waals surface area (Å²) in [6.07, 6.45) is 4.47. The van der Waals surface area contributed by atoms with Gasteiger partial charge < -0.3 is 9.66 Å². The Morgan fingerprint density at radius 1 is 1.04 bits per heavy atom. The minimum atomic E-state index is -4.74. The Balaban J connectivity index is 0.00000280. The Morgan fingerprint density at radius 3 is 2.32 bits per heavy atom. The smallest absolute Gasteiger partial charge is 0.744 e. The van der Waals surface area contributed by atoms with Crippen molar-refractivity contribution in [2.24, 2.45) is 0 Å². The van der Waals surface area contributed by atoms with Crippen molar-refractivity contribution in [1.29, 1.82) is 0 Å². The van der Waals surface area contributed by atoms with Crippen LogP contribution < -0.4 is 29.6 Å². The van der Waals surface area contributed by atoms with E-state index in [0.717, 1.165) is 0 Å². The molecule has 0 bridgehead atoms. The van der Waals surface area contributed by atoms with Crippen LogP contribution in [-0.4, -0.2) is 23.9 Å². The van der Waals surface area contributed by atoms with Crippen LogP contribution in [-0.2, 0) is 14.9 Å². The molecule has 0 saturated heterocycles. The number of halogens is 2. The van der Waals surface area contributed by atoms with Gasteiger partial charge in [-0.2, -0.15) is 0 Å². The third-order valence-electron chi connectivity index (χ3n) is 3.88. The van der Waals surface area contributed by atoms with Gasteiger partial charge in [-0.1, -0.05) is 30.3 Å². The zero-order valence-electron chi connectivity index (χ0n) is 14.5. The van der Waals surface area contributed by atoms with Crippen LogP contribution in [0.4, 0.5) is 0 Å². The van der Waals surface area contributed by atoms with Crippen molar-refractivity contribution < 1.29 is 52.4 Å². The van der Waals surface area contributed by atoms with Crippen molar-refractivity contribution in [3.63, 3.8) is 0 Å². The molecule has 138 valence electrons. The maximum atomic E-state index is 11.8. The fraction of sp³-hybridized carbons (Fsp3) is 0. The molecule has 0 amide bonds.